The van der Waals surface area contributed by atoms with Crippen molar-refractivity contribution >= 4 is 11.5 Å². The van der Waals surface area contributed by atoms with Crippen LogP contribution in [0.1, 0.15) is 12.6 Å². The van der Waals surface area contributed by atoms with E-state index in [9.17, 15) is 4.79 Å². The molecular weight excluding hydrogens is 204 g/mol. The van der Waals surface area contributed by atoms with Crippen molar-refractivity contribution in [2.75, 3.05) is 6.61 Å². The largest absolute Gasteiger partial charge is 0.461 e. The fourth-order valence-electron chi connectivity index (χ4n) is 1.76. The molecule has 16 heavy (non-hydrogen) atoms. The van der Waals surface area contributed by atoms with Crippen LogP contribution in [0, 0.1) is 6.92 Å². The molecule has 0 radical (unpaired) electrons. The Hall–Kier alpha value is -1.84. The van der Waals surface area contributed by atoms with Crippen LogP contribution in [0.25, 0.3) is 5.52 Å². The van der Waals surface area contributed by atoms with Crippen LogP contribution in [-0.2, 0) is 16.1 Å². The summed E-state index contributed by atoms with van der Waals surface area (Å²) in [4.78, 5) is 11.4. The van der Waals surface area contributed by atoms with Gasteiger partial charge in [0.15, 0.2) is 6.20 Å². The van der Waals surface area contributed by atoms with Gasteiger partial charge >= 0.3 is 5.97 Å². The summed E-state index contributed by atoms with van der Waals surface area (Å²) in [5.41, 5.74) is 2.16. The van der Waals surface area contributed by atoms with Crippen molar-refractivity contribution in [1.29, 1.82) is 0 Å². The number of carbonyl (C=O) groups excluding carboxylic acids is 1. The highest BCUT2D eigenvalue weighted by atomic mass is 16.5. The van der Waals surface area contributed by atoms with Gasteiger partial charge in [-0.25, -0.2) is 4.79 Å². The van der Waals surface area contributed by atoms with Crippen molar-refractivity contribution < 1.29 is 14.1 Å². The Bertz CT molecular complexity index is 517. The van der Waals surface area contributed by atoms with E-state index in [0.717, 1.165) is 11.2 Å². The Labute approximate surface area is 94.1 Å². The monoisotopic (exact) mass is 219 g/mol. The number of carbonyl (C=O) groups is 1. The number of esters is 1. The quantitative estimate of drug-likeness (QED) is 0.572. The topological polar surface area (TPSA) is 34.6 Å². The normalized spacial score (nSPS) is 10.6. The summed E-state index contributed by atoms with van der Waals surface area (Å²) in [5.74, 6) is -0.202. The molecule has 0 bridgehead atoms. The van der Waals surface area contributed by atoms with Gasteiger partial charge in [-0.2, -0.15) is 4.57 Å². The highest BCUT2D eigenvalue weighted by Gasteiger charge is 2.15. The lowest BCUT2D eigenvalue weighted by Crippen LogP contribution is -2.41. The molecule has 0 saturated carbocycles. The van der Waals surface area contributed by atoms with Gasteiger partial charge in [0, 0.05) is 13.1 Å². The summed E-state index contributed by atoms with van der Waals surface area (Å²) in [5, 5.41) is 0. The van der Waals surface area contributed by atoms with Crippen LogP contribution < -0.4 is 4.57 Å². The molecule has 0 atom stereocenters. The zero-order valence-corrected chi connectivity index (χ0v) is 9.51. The van der Waals surface area contributed by atoms with E-state index in [1.807, 2.05) is 53.5 Å². The molecule has 0 unspecified atom stereocenters. The van der Waals surface area contributed by atoms with Crippen LogP contribution in [0.4, 0.5) is 0 Å². The zero-order chi connectivity index (χ0) is 11.5. The third-order valence-electron chi connectivity index (χ3n) is 2.59. The molecule has 0 aliphatic heterocycles. The molecule has 0 aliphatic rings. The average Bonchev–Trinajstić information content (AvgIpc) is 2.71. The first-order valence-corrected chi connectivity index (χ1v) is 5.33. The van der Waals surface area contributed by atoms with Gasteiger partial charge in [0.2, 0.25) is 12.2 Å². The summed E-state index contributed by atoms with van der Waals surface area (Å²) in [7, 11) is 0. The van der Waals surface area contributed by atoms with E-state index in [1.165, 1.54) is 0 Å². The van der Waals surface area contributed by atoms with Gasteiger partial charge in [0.05, 0.1) is 12.8 Å². The number of hydrogen-bond donors (Lipinski definition) is 0. The second-order valence-corrected chi connectivity index (χ2v) is 3.62. The fraction of sp³-hybridized carbons (Fsp3) is 0.333. The van der Waals surface area contributed by atoms with Crippen molar-refractivity contribution in [1.82, 2.24) is 4.40 Å². The highest BCUT2D eigenvalue weighted by molar-refractivity contribution is 5.67. The Morgan fingerprint density at radius 3 is 3.06 bits per heavy atom. The molecule has 0 spiro atoms. The average molecular weight is 219 g/mol. The third-order valence-corrected chi connectivity index (χ3v) is 2.59. The molecule has 2 rings (SSSR count). The van der Waals surface area contributed by atoms with Crippen LogP contribution in [-0.4, -0.2) is 17.0 Å². The van der Waals surface area contributed by atoms with Gasteiger partial charge in [0.25, 0.3) is 0 Å². The lowest BCUT2D eigenvalue weighted by Gasteiger charge is -2.02. The smallest absolute Gasteiger partial charge is 0.372 e. The minimum absolute atomic E-state index is 0.202. The number of fused-ring (bicyclic) bond motifs is 1. The van der Waals surface area contributed by atoms with Gasteiger partial charge in [-0.1, -0.05) is 0 Å². The van der Waals surface area contributed by atoms with E-state index in [2.05, 4.69) is 0 Å². The predicted octanol–water partition coefficient (Wildman–Crippen LogP) is 1.10. The fourth-order valence-corrected chi connectivity index (χ4v) is 1.76. The molecule has 0 fully saturated rings. The molecular formula is C12H15N2O2+. The van der Waals surface area contributed by atoms with E-state index in [0.29, 0.717) is 6.61 Å². The summed E-state index contributed by atoms with van der Waals surface area (Å²) in [6.45, 7) is 4.49. The molecule has 0 N–H and O–H groups in total. The van der Waals surface area contributed by atoms with E-state index < -0.39 is 0 Å². The van der Waals surface area contributed by atoms with Crippen LogP contribution in [0.3, 0.4) is 0 Å². The number of nitrogens with zero attached hydrogens (tertiary/aromatic N) is 2. The third kappa shape index (κ3) is 1.91. The first-order valence-electron chi connectivity index (χ1n) is 5.33. The summed E-state index contributed by atoms with van der Waals surface area (Å²) >= 11 is 0. The van der Waals surface area contributed by atoms with Gasteiger partial charge in [-0.15, -0.1) is 0 Å². The molecule has 2 heterocycles. The number of aromatic nitrogens is 2. The van der Waals surface area contributed by atoms with E-state index in [-0.39, 0.29) is 12.5 Å². The Morgan fingerprint density at radius 1 is 1.50 bits per heavy atom. The van der Waals surface area contributed by atoms with E-state index in [4.69, 9.17) is 4.74 Å². The van der Waals surface area contributed by atoms with Crippen molar-refractivity contribution in [2.45, 2.75) is 20.4 Å². The number of rotatable bonds is 3. The highest BCUT2D eigenvalue weighted by Crippen LogP contribution is 2.05. The predicted molar refractivity (Wildman–Crippen MR) is 59.0 cm³/mol. The van der Waals surface area contributed by atoms with Crippen molar-refractivity contribution in [3.63, 3.8) is 0 Å². The second-order valence-electron chi connectivity index (χ2n) is 3.62. The first kappa shape index (κ1) is 10.7. The first-order chi connectivity index (χ1) is 7.72. The maximum atomic E-state index is 11.4. The Kier molecular flexibility index (Phi) is 2.90. The number of hydrogen-bond acceptors (Lipinski definition) is 2. The molecule has 2 aromatic heterocycles. The lowest BCUT2D eigenvalue weighted by molar-refractivity contribution is -0.691. The van der Waals surface area contributed by atoms with Crippen LogP contribution in [0.15, 0.2) is 30.7 Å². The maximum Gasteiger partial charge on any atom is 0.372 e. The molecule has 0 amide bonds. The number of ether oxygens (including phenoxy) is 1. The maximum absolute atomic E-state index is 11.4. The number of aryl methyl sites for hydroxylation is 1. The summed E-state index contributed by atoms with van der Waals surface area (Å²) < 4.78 is 8.85. The minimum atomic E-state index is -0.202. The molecule has 4 nitrogen and oxygen atoms in total. The molecule has 84 valence electrons. The lowest BCUT2D eigenvalue weighted by atomic mass is 10.3. The van der Waals surface area contributed by atoms with Crippen molar-refractivity contribution in [3.05, 3.63) is 36.4 Å². The van der Waals surface area contributed by atoms with E-state index in [1.54, 1.807) is 0 Å². The van der Waals surface area contributed by atoms with Gasteiger partial charge in [-0.3, -0.25) is 0 Å². The Balaban J connectivity index is 2.30. The van der Waals surface area contributed by atoms with Gasteiger partial charge in [0.1, 0.15) is 5.52 Å². The van der Waals surface area contributed by atoms with Crippen molar-refractivity contribution in [2.24, 2.45) is 0 Å². The van der Waals surface area contributed by atoms with Gasteiger partial charge < -0.3 is 9.14 Å². The summed E-state index contributed by atoms with van der Waals surface area (Å²) in [6, 6.07) is 4.01. The van der Waals surface area contributed by atoms with Crippen LogP contribution in [0.5, 0.6) is 0 Å². The summed E-state index contributed by atoms with van der Waals surface area (Å²) in [6.07, 6.45) is 5.80. The van der Waals surface area contributed by atoms with Crippen LogP contribution in [0.2, 0.25) is 0 Å². The van der Waals surface area contributed by atoms with Crippen molar-refractivity contribution in [3.8, 4) is 0 Å². The SMILES string of the molecule is CCOC(=O)C[n+]1ccn2cccc2c1C. The molecule has 0 aliphatic carbocycles. The Morgan fingerprint density at radius 2 is 2.31 bits per heavy atom. The van der Waals surface area contributed by atoms with Crippen LogP contribution >= 0.6 is 0 Å². The molecule has 4 heteroatoms. The molecule has 0 saturated heterocycles. The minimum Gasteiger partial charge on any atom is -0.461 e. The molecule has 2 aromatic rings. The second kappa shape index (κ2) is 4.35. The molecule has 0 aromatic carbocycles. The standard InChI is InChI=1S/C12H15N2O2/c1-3-16-12(15)9-14-8-7-13-6-4-5-11(13)10(14)2/h4-8H,3,9H2,1-2H3/q+1. The van der Waals surface area contributed by atoms with E-state index >= 15 is 0 Å². The zero-order valence-electron chi connectivity index (χ0n) is 9.51. The van der Waals surface area contributed by atoms with Gasteiger partial charge in [-0.05, 0) is 19.1 Å².